The molecule has 1 amide bonds. The van der Waals surface area contributed by atoms with E-state index in [1.165, 1.54) is 0 Å². The number of hydrogen-bond acceptors (Lipinski definition) is 2. The molecule has 0 rings (SSSR count). The van der Waals surface area contributed by atoms with Crippen molar-refractivity contribution in [2.24, 2.45) is 17.6 Å². The van der Waals surface area contributed by atoms with Crippen LogP contribution in [-0.4, -0.2) is 29.9 Å². The first-order chi connectivity index (χ1) is 8.42. The molecule has 0 bridgehead atoms. The Morgan fingerprint density at radius 2 is 1.78 bits per heavy atom. The van der Waals surface area contributed by atoms with Crippen LogP contribution in [-0.2, 0) is 4.79 Å². The Hall–Kier alpha value is -0.570. The molecule has 0 radical (unpaired) electrons. The Labute approximate surface area is 113 Å². The van der Waals surface area contributed by atoms with Crippen molar-refractivity contribution < 1.29 is 4.79 Å². The molecule has 108 valence electrons. The highest BCUT2D eigenvalue weighted by molar-refractivity contribution is 5.76. The van der Waals surface area contributed by atoms with E-state index in [1.807, 2.05) is 4.90 Å². The molecule has 3 nitrogen and oxygen atoms in total. The van der Waals surface area contributed by atoms with Gasteiger partial charge < -0.3 is 10.6 Å². The Kier molecular flexibility index (Phi) is 9.08. The molecule has 0 saturated heterocycles. The summed E-state index contributed by atoms with van der Waals surface area (Å²) in [5.74, 6) is 1.43. The summed E-state index contributed by atoms with van der Waals surface area (Å²) in [6.45, 7) is 12.3. The highest BCUT2D eigenvalue weighted by atomic mass is 16.2. The summed E-state index contributed by atoms with van der Waals surface area (Å²) in [4.78, 5) is 14.3. The van der Waals surface area contributed by atoms with E-state index in [4.69, 9.17) is 5.73 Å². The molecule has 0 aliphatic carbocycles. The van der Waals surface area contributed by atoms with Gasteiger partial charge in [0.1, 0.15) is 0 Å². The summed E-state index contributed by atoms with van der Waals surface area (Å²) in [6, 6.07) is 0.300. The van der Waals surface area contributed by atoms with E-state index in [0.717, 1.165) is 32.4 Å². The molecule has 0 spiro atoms. The minimum absolute atomic E-state index is 0.300. The zero-order valence-electron chi connectivity index (χ0n) is 12.9. The van der Waals surface area contributed by atoms with Crippen LogP contribution in [0.15, 0.2) is 0 Å². The Balaban J connectivity index is 4.25. The maximum atomic E-state index is 12.2. The van der Waals surface area contributed by atoms with E-state index in [-0.39, 0.29) is 0 Å². The van der Waals surface area contributed by atoms with Crippen LogP contribution in [0.2, 0.25) is 0 Å². The molecular weight excluding hydrogens is 224 g/mol. The van der Waals surface area contributed by atoms with Gasteiger partial charge in [0, 0.05) is 19.0 Å². The normalized spacial score (nSPS) is 13.1. The van der Waals surface area contributed by atoms with E-state index in [1.54, 1.807) is 0 Å². The number of amides is 1. The lowest BCUT2D eigenvalue weighted by atomic mass is 9.96. The first-order valence-corrected chi connectivity index (χ1v) is 7.41. The van der Waals surface area contributed by atoms with Crippen molar-refractivity contribution in [2.75, 3.05) is 13.1 Å². The van der Waals surface area contributed by atoms with Crippen LogP contribution < -0.4 is 5.73 Å². The molecule has 0 aromatic carbocycles. The molecule has 1 unspecified atom stereocenters. The van der Waals surface area contributed by atoms with Crippen LogP contribution in [0, 0.1) is 11.8 Å². The second-order valence-corrected chi connectivity index (χ2v) is 5.92. The fourth-order valence-electron chi connectivity index (χ4n) is 2.25. The van der Waals surface area contributed by atoms with Crippen molar-refractivity contribution in [3.8, 4) is 0 Å². The molecule has 1 atom stereocenters. The van der Waals surface area contributed by atoms with Crippen molar-refractivity contribution in [2.45, 2.75) is 66.3 Å². The summed E-state index contributed by atoms with van der Waals surface area (Å²) in [7, 11) is 0. The van der Waals surface area contributed by atoms with Crippen molar-refractivity contribution in [3.05, 3.63) is 0 Å². The third kappa shape index (κ3) is 7.00. The Morgan fingerprint density at radius 3 is 2.17 bits per heavy atom. The molecule has 0 aromatic rings. The van der Waals surface area contributed by atoms with Gasteiger partial charge in [-0.3, -0.25) is 4.79 Å². The second kappa shape index (κ2) is 9.37. The lowest BCUT2D eigenvalue weighted by molar-refractivity contribution is -0.133. The lowest BCUT2D eigenvalue weighted by Gasteiger charge is -2.29. The fourth-order valence-corrected chi connectivity index (χ4v) is 2.25. The molecule has 0 heterocycles. The summed E-state index contributed by atoms with van der Waals surface area (Å²) in [6.07, 6.45) is 3.81. The van der Waals surface area contributed by atoms with E-state index >= 15 is 0 Å². The molecule has 2 N–H and O–H groups in total. The number of nitrogens with two attached hydrogens (primary N) is 1. The molecule has 0 aromatic heterocycles. The highest BCUT2D eigenvalue weighted by Gasteiger charge is 2.18. The Morgan fingerprint density at radius 1 is 1.17 bits per heavy atom. The SMILES string of the molecule is CCC(CCN)CCC(=O)N(CC(C)C)C(C)C. The number of hydrogen-bond donors (Lipinski definition) is 1. The summed E-state index contributed by atoms with van der Waals surface area (Å²) in [5.41, 5.74) is 5.59. The van der Waals surface area contributed by atoms with Gasteiger partial charge in [0.15, 0.2) is 0 Å². The van der Waals surface area contributed by atoms with Gasteiger partial charge in [0.05, 0.1) is 0 Å². The minimum Gasteiger partial charge on any atom is -0.340 e. The molecule has 0 aliphatic rings. The molecule has 0 saturated carbocycles. The van der Waals surface area contributed by atoms with Crippen LogP contribution in [0.25, 0.3) is 0 Å². The number of carbonyl (C=O) groups is 1. The average Bonchev–Trinajstić information content (AvgIpc) is 2.30. The second-order valence-electron chi connectivity index (χ2n) is 5.92. The van der Waals surface area contributed by atoms with Gasteiger partial charge in [-0.25, -0.2) is 0 Å². The fraction of sp³-hybridized carbons (Fsp3) is 0.933. The van der Waals surface area contributed by atoms with E-state index in [0.29, 0.717) is 30.2 Å². The summed E-state index contributed by atoms with van der Waals surface area (Å²) in [5, 5.41) is 0. The van der Waals surface area contributed by atoms with Crippen LogP contribution >= 0.6 is 0 Å². The number of carbonyl (C=O) groups excluding carboxylic acids is 1. The summed E-state index contributed by atoms with van der Waals surface area (Å²) < 4.78 is 0. The summed E-state index contributed by atoms with van der Waals surface area (Å²) >= 11 is 0. The quantitative estimate of drug-likeness (QED) is 0.689. The monoisotopic (exact) mass is 256 g/mol. The molecule has 18 heavy (non-hydrogen) atoms. The van der Waals surface area contributed by atoms with E-state index < -0.39 is 0 Å². The third-order valence-electron chi connectivity index (χ3n) is 3.42. The number of rotatable bonds is 9. The standard InChI is InChI=1S/C15H32N2O/c1-6-14(9-10-16)7-8-15(18)17(13(4)5)11-12(2)3/h12-14H,6-11,16H2,1-5H3. The van der Waals surface area contributed by atoms with Gasteiger partial charge in [0.2, 0.25) is 5.91 Å². The third-order valence-corrected chi connectivity index (χ3v) is 3.42. The zero-order valence-corrected chi connectivity index (χ0v) is 12.9. The first kappa shape index (κ1) is 17.4. The first-order valence-electron chi connectivity index (χ1n) is 7.41. The maximum absolute atomic E-state index is 12.2. The van der Waals surface area contributed by atoms with Gasteiger partial charge in [-0.05, 0) is 45.1 Å². The van der Waals surface area contributed by atoms with Gasteiger partial charge in [-0.1, -0.05) is 27.2 Å². The molecule has 3 heteroatoms. The van der Waals surface area contributed by atoms with E-state index in [9.17, 15) is 4.79 Å². The van der Waals surface area contributed by atoms with Crippen molar-refractivity contribution in [3.63, 3.8) is 0 Å². The smallest absolute Gasteiger partial charge is 0.222 e. The minimum atomic E-state index is 0.300. The van der Waals surface area contributed by atoms with Crippen LogP contribution in [0.3, 0.4) is 0 Å². The highest BCUT2D eigenvalue weighted by Crippen LogP contribution is 2.16. The maximum Gasteiger partial charge on any atom is 0.222 e. The van der Waals surface area contributed by atoms with Gasteiger partial charge >= 0.3 is 0 Å². The largest absolute Gasteiger partial charge is 0.340 e. The predicted molar refractivity (Wildman–Crippen MR) is 78.4 cm³/mol. The predicted octanol–water partition coefficient (Wildman–Crippen LogP) is 3.03. The van der Waals surface area contributed by atoms with Gasteiger partial charge in [0.25, 0.3) is 0 Å². The number of nitrogens with zero attached hydrogens (tertiary/aromatic N) is 1. The van der Waals surface area contributed by atoms with Crippen LogP contribution in [0.1, 0.15) is 60.3 Å². The topological polar surface area (TPSA) is 46.3 Å². The van der Waals surface area contributed by atoms with Crippen molar-refractivity contribution >= 4 is 5.91 Å². The van der Waals surface area contributed by atoms with Gasteiger partial charge in [-0.15, -0.1) is 0 Å². The van der Waals surface area contributed by atoms with E-state index in [2.05, 4.69) is 34.6 Å². The Bertz CT molecular complexity index is 227. The van der Waals surface area contributed by atoms with Gasteiger partial charge in [-0.2, -0.15) is 0 Å². The van der Waals surface area contributed by atoms with Crippen molar-refractivity contribution in [1.29, 1.82) is 0 Å². The van der Waals surface area contributed by atoms with Crippen molar-refractivity contribution in [1.82, 2.24) is 4.90 Å². The molecule has 0 fully saturated rings. The van der Waals surface area contributed by atoms with Crippen LogP contribution in [0.4, 0.5) is 0 Å². The molecular formula is C15H32N2O. The van der Waals surface area contributed by atoms with Crippen LogP contribution in [0.5, 0.6) is 0 Å². The zero-order chi connectivity index (χ0) is 14.1. The molecule has 0 aliphatic heterocycles. The average molecular weight is 256 g/mol. The lowest BCUT2D eigenvalue weighted by Crippen LogP contribution is -2.39.